The first kappa shape index (κ1) is 13.9. The molecule has 0 saturated heterocycles. The molecule has 0 saturated carbocycles. The number of hydrogen-bond acceptors (Lipinski definition) is 5. The van der Waals surface area contributed by atoms with Crippen LogP contribution < -0.4 is 5.73 Å². The molecule has 0 aliphatic heterocycles. The van der Waals surface area contributed by atoms with E-state index in [1.165, 1.54) is 0 Å². The van der Waals surface area contributed by atoms with Crippen molar-refractivity contribution in [2.45, 2.75) is 12.5 Å². The summed E-state index contributed by atoms with van der Waals surface area (Å²) in [6, 6.07) is 13.3. The van der Waals surface area contributed by atoms with Crippen molar-refractivity contribution in [1.82, 2.24) is 15.1 Å². The molecular weight excluding hydrogens is 332 g/mol. The quantitative estimate of drug-likeness (QED) is 0.786. The first-order valence-corrected chi connectivity index (χ1v) is 7.27. The maximum atomic E-state index is 6.12. The molecule has 5 nitrogen and oxygen atoms in total. The number of hydrogen-bond donors (Lipinski definition) is 1. The van der Waals surface area contributed by atoms with Crippen LogP contribution in [0.2, 0.25) is 0 Å². The highest BCUT2D eigenvalue weighted by atomic mass is 79.9. The van der Waals surface area contributed by atoms with Crippen LogP contribution in [0.3, 0.4) is 0 Å². The molecule has 0 aliphatic carbocycles. The second-order valence-electron chi connectivity index (χ2n) is 4.61. The molecule has 2 aromatic heterocycles. The summed E-state index contributed by atoms with van der Waals surface area (Å²) in [6.07, 6.45) is 2.34. The van der Waals surface area contributed by atoms with Gasteiger partial charge < -0.3 is 10.3 Å². The van der Waals surface area contributed by atoms with Crippen LogP contribution in [-0.2, 0) is 6.42 Å². The van der Waals surface area contributed by atoms with Gasteiger partial charge in [0.05, 0.1) is 6.04 Å². The van der Waals surface area contributed by atoms with Crippen LogP contribution in [-0.4, -0.2) is 15.1 Å². The molecule has 21 heavy (non-hydrogen) atoms. The van der Waals surface area contributed by atoms with Crippen LogP contribution in [0.1, 0.15) is 17.5 Å². The lowest BCUT2D eigenvalue weighted by molar-refractivity contribution is 0.354. The van der Waals surface area contributed by atoms with E-state index in [0.717, 1.165) is 10.0 Å². The molecule has 3 aromatic rings. The summed E-state index contributed by atoms with van der Waals surface area (Å²) in [4.78, 5) is 8.56. The summed E-state index contributed by atoms with van der Waals surface area (Å²) in [5.41, 5.74) is 7.90. The number of aromatic nitrogens is 3. The van der Waals surface area contributed by atoms with Crippen molar-refractivity contribution in [3.8, 4) is 11.5 Å². The molecule has 0 amide bonds. The standard InChI is InChI=1S/C15H13BrN4O/c16-11-6-7-13(18-9-11)14-19-15(21-20-14)12(17)8-10-4-2-1-3-5-10/h1-7,9,12H,8,17H2/t12-/m0/s1. The van der Waals surface area contributed by atoms with Crippen molar-refractivity contribution in [1.29, 1.82) is 0 Å². The van der Waals surface area contributed by atoms with Gasteiger partial charge in [0, 0.05) is 10.7 Å². The summed E-state index contributed by atoms with van der Waals surface area (Å²) in [6.45, 7) is 0. The van der Waals surface area contributed by atoms with Crippen molar-refractivity contribution in [2.75, 3.05) is 0 Å². The van der Waals surface area contributed by atoms with Gasteiger partial charge in [-0.2, -0.15) is 4.98 Å². The molecule has 0 aliphatic rings. The maximum Gasteiger partial charge on any atom is 0.244 e. The molecular formula is C15H13BrN4O. The first-order valence-electron chi connectivity index (χ1n) is 6.47. The van der Waals surface area contributed by atoms with Crippen molar-refractivity contribution < 1.29 is 4.52 Å². The zero-order valence-electron chi connectivity index (χ0n) is 11.1. The molecule has 0 spiro atoms. The number of benzene rings is 1. The average molecular weight is 345 g/mol. The lowest BCUT2D eigenvalue weighted by Crippen LogP contribution is -2.13. The maximum absolute atomic E-state index is 6.12. The van der Waals surface area contributed by atoms with Crippen molar-refractivity contribution >= 4 is 15.9 Å². The Balaban J connectivity index is 1.76. The van der Waals surface area contributed by atoms with E-state index < -0.39 is 0 Å². The lowest BCUT2D eigenvalue weighted by atomic mass is 10.1. The number of nitrogens with two attached hydrogens (primary N) is 1. The lowest BCUT2D eigenvalue weighted by Gasteiger charge is -2.05. The zero-order valence-corrected chi connectivity index (χ0v) is 12.7. The molecule has 3 rings (SSSR count). The number of pyridine rings is 1. The SMILES string of the molecule is N[C@@H](Cc1ccccc1)c1nc(-c2ccc(Br)cn2)no1. The third kappa shape index (κ3) is 3.34. The Morgan fingerprint density at radius 3 is 2.67 bits per heavy atom. The summed E-state index contributed by atoms with van der Waals surface area (Å²) in [5.74, 6) is 0.861. The Hall–Kier alpha value is -2.05. The van der Waals surface area contributed by atoms with Crippen molar-refractivity contribution in [3.05, 3.63) is 64.6 Å². The molecule has 0 bridgehead atoms. The predicted molar refractivity (Wildman–Crippen MR) is 82.3 cm³/mol. The molecule has 0 fully saturated rings. The minimum Gasteiger partial charge on any atom is -0.337 e. The Morgan fingerprint density at radius 1 is 1.14 bits per heavy atom. The van der Waals surface area contributed by atoms with E-state index in [0.29, 0.717) is 23.8 Å². The van der Waals surface area contributed by atoms with Crippen LogP contribution >= 0.6 is 15.9 Å². The number of halogens is 1. The van der Waals surface area contributed by atoms with Gasteiger partial charge in [-0.1, -0.05) is 35.5 Å². The van der Waals surface area contributed by atoms with E-state index in [9.17, 15) is 0 Å². The minimum atomic E-state index is -0.330. The second-order valence-corrected chi connectivity index (χ2v) is 5.53. The third-order valence-corrected chi connectivity index (χ3v) is 3.48. The summed E-state index contributed by atoms with van der Waals surface area (Å²) >= 11 is 3.34. The fourth-order valence-electron chi connectivity index (χ4n) is 1.95. The molecule has 6 heteroatoms. The van der Waals surface area contributed by atoms with Crippen LogP contribution in [0.4, 0.5) is 0 Å². The summed E-state index contributed by atoms with van der Waals surface area (Å²) in [7, 11) is 0. The van der Waals surface area contributed by atoms with E-state index in [4.69, 9.17) is 10.3 Å². The van der Waals surface area contributed by atoms with Crippen LogP contribution in [0, 0.1) is 0 Å². The molecule has 2 heterocycles. The van der Waals surface area contributed by atoms with E-state index in [2.05, 4.69) is 31.1 Å². The van der Waals surface area contributed by atoms with Gasteiger partial charge in [0.25, 0.3) is 0 Å². The second kappa shape index (κ2) is 6.15. The Bertz CT molecular complexity index is 712. The average Bonchev–Trinajstić information content (AvgIpc) is 2.99. The van der Waals surface area contributed by atoms with Gasteiger partial charge in [-0.15, -0.1) is 0 Å². The van der Waals surface area contributed by atoms with Gasteiger partial charge in [-0.05, 0) is 40.0 Å². The Kier molecular flexibility index (Phi) is 4.08. The first-order chi connectivity index (χ1) is 10.2. The molecule has 1 atom stereocenters. The van der Waals surface area contributed by atoms with Crippen LogP contribution in [0.25, 0.3) is 11.5 Å². The smallest absolute Gasteiger partial charge is 0.244 e. The van der Waals surface area contributed by atoms with Crippen LogP contribution in [0.5, 0.6) is 0 Å². The topological polar surface area (TPSA) is 77.8 Å². The highest BCUT2D eigenvalue weighted by Gasteiger charge is 2.16. The van der Waals surface area contributed by atoms with Crippen molar-refractivity contribution in [2.24, 2.45) is 5.73 Å². The van der Waals surface area contributed by atoms with Gasteiger partial charge in [0.2, 0.25) is 11.7 Å². The molecule has 0 radical (unpaired) electrons. The normalized spacial score (nSPS) is 12.3. The van der Waals surface area contributed by atoms with Gasteiger partial charge in [0.15, 0.2) is 0 Å². The van der Waals surface area contributed by atoms with Gasteiger partial charge in [-0.25, -0.2) is 0 Å². The number of nitrogens with zero attached hydrogens (tertiary/aromatic N) is 3. The Morgan fingerprint density at radius 2 is 1.95 bits per heavy atom. The van der Waals surface area contributed by atoms with Crippen LogP contribution in [0.15, 0.2) is 57.7 Å². The minimum absolute atomic E-state index is 0.330. The predicted octanol–water partition coefficient (Wildman–Crippen LogP) is 3.14. The third-order valence-electron chi connectivity index (χ3n) is 3.01. The molecule has 1 aromatic carbocycles. The van der Waals surface area contributed by atoms with E-state index in [1.54, 1.807) is 6.20 Å². The molecule has 106 valence electrons. The summed E-state index contributed by atoms with van der Waals surface area (Å²) in [5, 5.41) is 3.93. The fourth-order valence-corrected chi connectivity index (χ4v) is 2.19. The molecule has 2 N–H and O–H groups in total. The Labute approximate surface area is 130 Å². The number of rotatable bonds is 4. The van der Waals surface area contributed by atoms with E-state index in [-0.39, 0.29) is 6.04 Å². The zero-order chi connectivity index (χ0) is 14.7. The highest BCUT2D eigenvalue weighted by Crippen LogP contribution is 2.19. The largest absolute Gasteiger partial charge is 0.337 e. The van der Waals surface area contributed by atoms with Gasteiger partial charge in [0.1, 0.15) is 5.69 Å². The van der Waals surface area contributed by atoms with E-state index >= 15 is 0 Å². The fraction of sp³-hybridized carbons (Fsp3) is 0.133. The highest BCUT2D eigenvalue weighted by molar-refractivity contribution is 9.10. The summed E-state index contributed by atoms with van der Waals surface area (Å²) < 4.78 is 6.14. The monoisotopic (exact) mass is 344 g/mol. The van der Waals surface area contributed by atoms with Gasteiger partial charge >= 0.3 is 0 Å². The van der Waals surface area contributed by atoms with Gasteiger partial charge in [-0.3, -0.25) is 4.98 Å². The molecule has 0 unspecified atom stereocenters. The van der Waals surface area contributed by atoms with E-state index in [1.807, 2.05) is 42.5 Å². The van der Waals surface area contributed by atoms with Crippen molar-refractivity contribution in [3.63, 3.8) is 0 Å².